The van der Waals surface area contributed by atoms with Crippen LogP contribution in [-0.2, 0) is 4.79 Å². The third kappa shape index (κ3) is 4.18. The van der Waals surface area contributed by atoms with Crippen LogP contribution in [0, 0.1) is 5.92 Å². The van der Waals surface area contributed by atoms with Gasteiger partial charge in [0.25, 0.3) is 0 Å². The molecule has 0 heterocycles. The zero-order valence-corrected chi connectivity index (χ0v) is 12.0. The number of aliphatic hydroxyl groups excluding tert-OH is 1. The summed E-state index contributed by atoms with van der Waals surface area (Å²) in [4.78, 5) is 11.9. The van der Waals surface area contributed by atoms with E-state index in [2.05, 4.69) is 16.2 Å². The van der Waals surface area contributed by atoms with E-state index in [0.29, 0.717) is 18.0 Å². The van der Waals surface area contributed by atoms with Crippen molar-refractivity contribution in [2.45, 2.75) is 31.8 Å². The van der Waals surface area contributed by atoms with Crippen molar-refractivity contribution in [1.82, 2.24) is 10.9 Å². The number of aliphatic hydroxyl groups is 1. The summed E-state index contributed by atoms with van der Waals surface area (Å²) < 4.78 is 0. The van der Waals surface area contributed by atoms with Crippen LogP contribution in [0.5, 0.6) is 0 Å². The molecular weight excluding hydrogens is 274 g/mol. The summed E-state index contributed by atoms with van der Waals surface area (Å²) in [6.07, 6.45) is 2.80. The van der Waals surface area contributed by atoms with Crippen molar-refractivity contribution >= 4 is 28.9 Å². The second kappa shape index (κ2) is 7.21. The lowest BCUT2D eigenvalue weighted by Gasteiger charge is -2.26. The van der Waals surface area contributed by atoms with Crippen molar-refractivity contribution in [3.63, 3.8) is 0 Å². The first-order valence-corrected chi connectivity index (χ1v) is 7.17. The van der Waals surface area contributed by atoms with E-state index in [4.69, 9.17) is 12.2 Å². The number of para-hydroxylation sites is 1. The number of rotatable bonds is 2. The topological polar surface area (TPSA) is 73.4 Å². The summed E-state index contributed by atoms with van der Waals surface area (Å²) in [5.41, 5.74) is 6.05. The lowest BCUT2D eigenvalue weighted by molar-refractivity contribution is -0.130. The van der Waals surface area contributed by atoms with Gasteiger partial charge in [0.2, 0.25) is 5.91 Å². The minimum Gasteiger partial charge on any atom is -0.392 e. The smallest absolute Gasteiger partial charge is 0.244 e. The number of benzene rings is 1. The first-order chi connectivity index (χ1) is 9.66. The van der Waals surface area contributed by atoms with Crippen LogP contribution in [0.25, 0.3) is 0 Å². The summed E-state index contributed by atoms with van der Waals surface area (Å²) in [6.45, 7) is 0. The van der Waals surface area contributed by atoms with Crippen LogP contribution in [0.2, 0.25) is 0 Å². The van der Waals surface area contributed by atoms with Crippen molar-refractivity contribution in [3.05, 3.63) is 30.3 Å². The van der Waals surface area contributed by atoms with Gasteiger partial charge in [-0.25, -0.2) is 0 Å². The third-order valence-electron chi connectivity index (χ3n) is 3.40. The summed E-state index contributed by atoms with van der Waals surface area (Å²) >= 11 is 5.09. The number of carbonyl (C=O) groups excluding carboxylic acids is 1. The highest BCUT2D eigenvalue weighted by Gasteiger charge is 2.29. The van der Waals surface area contributed by atoms with E-state index < -0.39 is 6.10 Å². The van der Waals surface area contributed by atoms with E-state index in [1.54, 1.807) is 0 Å². The normalized spacial score (nSPS) is 21.9. The van der Waals surface area contributed by atoms with E-state index in [-0.39, 0.29) is 11.8 Å². The Kier molecular flexibility index (Phi) is 5.31. The molecule has 0 saturated heterocycles. The molecular formula is C14H19N3O2S. The maximum Gasteiger partial charge on any atom is 0.244 e. The SMILES string of the molecule is O=C(NNC(=S)Nc1ccccc1)C1CCCCC1O. The van der Waals surface area contributed by atoms with Gasteiger partial charge in [-0.1, -0.05) is 31.0 Å². The van der Waals surface area contributed by atoms with Crippen LogP contribution >= 0.6 is 12.2 Å². The van der Waals surface area contributed by atoms with E-state index in [1.807, 2.05) is 30.3 Å². The Hall–Kier alpha value is -1.66. The predicted molar refractivity (Wildman–Crippen MR) is 81.9 cm³/mol. The van der Waals surface area contributed by atoms with Crippen molar-refractivity contribution in [2.75, 3.05) is 5.32 Å². The monoisotopic (exact) mass is 293 g/mol. The molecule has 1 saturated carbocycles. The Bertz CT molecular complexity index is 467. The van der Waals surface area contributed by atoms with Gasteiger partial charge >= 0.3 is 0 Å². The fraction of sp³-hybridized carbons (Fsp3) is 0.429. The van der Waals surface area contributed by atoms with Gasteiger partial charge in [-0.05, 0) is 37.2 Å². The lowest BCUT2D eigenvalue weighted by atomic mass is 9.86. The first kappa shape index (κ1) is 14.7. The Morgan fingerprint density at radius 2 is 1.85 bits per heavy atom. The van der Waals surface area contributed by atoms with Gasteiger partial charge < -0.3 is 10.4 Å². The van der Waals surface area contributed by atoms with Gasteiger partial charge in [-0.3, -0.25) is 15.6 Å². The largest absolute Gasteiger partial charge is 0.392 e. The predicted octanol–water partition coefficient (Wildman–Crippen LogP) is 1.56. The zero-order chi connectivity index (χ0) is 14.4. The van der Waals surface area contributed by atoms with Crippen molar-refractivity contribution < 1.29 is 9.90 Å². The molecule has 2 unspecified atom stereocenters. The molecule has 2 rings (SSSR count). The summed E-state index contributed by atoms with van der Waals surface area (Å²) in [7, 11) is 0. The molecule has 1 aliphatic rings. The molecule has 20 heavy (non-hydrogen) atoms. The van der Waals surface area contributed by atoms with Crippen molar-refractivity contribution in [2.24, 2.45) is 5.92 Å². The van der Waals surface area contributed by atoms with Gasteiger partial charge in [0, 0.05) is 5.69 Å². The molecule has 1 aromatic rings. The highest BCUT2D eigenvalue weighted by molar-refractivity contribution is 7.80. The fourth-order valence-corrected chi connectivity index (χ4v) is 2.48. The molecule has 0 spiro atoms. The van der Waals surface area contributed by atoms with Crippen LogP contribution in [0.4, 0.5) is 5.69 Å². The molecule has 0 aromatic heterocycles. The molecule has 1 amide bonds. The van der Waals surface area contributed by atoms with Crippen LogP contribution in [0.3, 0.4) is 0 Å². The first-order valence-electron chi connectivity index (χ1n) is 6.77. The Balaban J connectivity index is 1.76. The van der Waals surface area contributed by atoms with Crippen molar-refractivity contribution in [1.29, 1.82) is 0 Å². The molecule has 0 bridgehead atoms. The Morgan fingerprint density at radius 1 is 1.15 bits per heavy atom. The second-order valence-corrected chi connectivity index (χ2v) is 5.30. The highest BCUT2D eigenvalue weighted by Crippen LogP contribution is 2.24. The average molecular weight is 293 g/mol. The highest BCUT2D eigenvalue weighted by atomic mass is 32.1. The molecule has 108 valence electrons. The van der Waals surface area contributed by atoms with Gasteiger partial charge in [0.1, 0.15) is 0 Å². The summed E-state index contributed by atoms with van der Waals surface area (Å²) in [5, 5.41) is 13.1. The number of hydrogen-bond donors (Lipinski definition) is 4. The molecule has 1 fully saturated rings. The van der Waals surface area contributed by atoms with Gasteiger partial charge in [-0.15, -0.1) is 0 Å². The molecule has 6 heteroatoms. The minimum absolute atomic E-state index is 0.214. The van der Waals surface area contributed by atoms with Crippen LogP contribution in [0.15, 0.2) is 30.3 Å². The van der Waals surface area contributed by atoms with E-state index >= 15 is 0 Å². The van der Waals surface area contributed by atoms with E-state index in [1.165, 1.54) is 0 Å². The molecule has 0 radical (unpaired) electrons. The van der Waals surface area contributed by atoms with Gasteiger partial charge in [-0.2, -0.15) is 0 Å². The lowest BCUT2D eigenvalue weighted by Crippen LogP contribution is -2.49. The van der Waals surface area contributed by atoms with Crippen LogP contribution in [0.1, 0.15) is 25.7 Å². The zero-order valence-electron chi connectivity index (χ0n) is 11.1. The molecule has 4 N–H and O–H groups in total. The number of carbonyl (C=O) groups is 1. The van der Waals surface area contributed by atoms with Crippen LogP contribution < -0.4 is 16.2 Å². The number of nitrogens with one attached hydrogen (secondary N) is 3. The maximum atomic E-state index is 11.9. The second-order valence-electron chi connectivity index (χ2n) is 4.89. The molecule has 0 aliphatic heterocycles. The average Bonchev–Trinajstić information content (AvgIpc) is 2.46. The maximum absolute atomic E-state index is 11.9. The Morgan fingerprint density at radius 3 is 2.55 bits per heavy atom. The minimum atomic E-state index is -0.554. The Labute approximate surface area is 123 Å². The molecule has 1 aromatic carbocycles. The number of hydrazine groups is 1. The number of hydrogen-bond acceptors (Lipinski definition) is 3. The van der Waals surface area contributed by atoms with Crippen LogP contribution in [-0.4, -0.2) is 22.2 Å². The molecule has 2 atom stereocenters. The third-order valence-corrected chi connectivity index (χ3v) is 3.60. The number of thiocarbonyl (C=S) groups is 1. The fourth-order valence-electron chi connectivity index (χ4n) is 2.31. The molecule has 5 nitrogen and oxygen atoms in total. The van der Waals surface area contributed by atoms with E-state index in [9.17, 15) is 9.90 Å². The van der Waals surface area contributed by atoms with E-state index in [0.717, 1.165) is 18.5 Å². The number of anilines is 1. The van der Waals surface area contributed by atoms with Gasteiger partial charge in [0.05, 0.1) is 12.0 Å². The summed E-state index contributed by atoms with van der Waals surface area (Å²) in [5.74, 6) is -0.565. The number of amides is 1. The summed E-state index contributed by atoms with van der Waals surface area (Å²) in [6, 6.07) is 9.44. The molecule has 1 aliphatic carbocycles. The standard InChI is InChI=1S/C14H19N3O2S/c18-12-9-5-4-8-11(12)13(19)16-17-14(20)15-10-6-2-1-3-7-10/h1-3,6-7,11-12,18H,4-5,8-9H2,(H,16,19)(H2,15,17,20). The van der Waals surface area contributed by atoms with Gasteiger partial charge in [0.15, 0.2) is 5.11 Å². The quantitative estimate of drug-likeness (QED) is 0.492. The van der Waals surface area contributed by atoms with Crippen molar-refractivity contribution in [3.8, 4) is 0 Å².